The third-order valence-electron chi connectivity index (χ3n) is 3.11. The number of nitro groups is 1. The summed E-state index contributed by atoms with van der Waals surface area (Å²) in [6.07, 6.45) is 4.89. The van der Waals surface area contributed by atoms with Crippen LogP contribution >= 0.6 is 11.8 Å². The van der Waals surface area contributed by atoms with Gasteiger partial charge >= 0.3 is 5.69 Å². The SMILES string of the molecule is CCSC1CCC(Nc2ncccc2[N+](=O)[O-])C1. The first kappa shape index (κ1) is 13.1. The quantitative estimate of drug-likeness (QED) is 0.656. The molecule has 1 aliphatic rings. The molecule has 0 bridgehead atoms. The summed E-state index contributed by atoms with van der Waals surface area (Å²) >= 11 is 1.97. The molecule has 1 N–H and O–H groups in total. The molecule has 1 aliphatic carbocycles. The Hall–Kier alpha value is -1.30. The Labute approximate surface area is 111 Å². The van der Waals surface area contributed by atoms with Gasteiger partial charge in [-0.2, -0.15) is 11.8 Å². The van der Waals surface area contributed by atoms with Crippen LogP contribution in [0.3, 0.4) is 0 Å². The van der Waals surface area contributed by atoms with E-state index in [2.05, 4.69) is 17.2 Å². The predicted octanol–water partition coefficient (Wildman–Crippen LogP) is 3.08. The molecule has 1 fully saturated rings. The molecule has 98 valence electrons. The van der Waals surface area contributed by atoms with Crippen molar-refractivity contribution in [1.29, 1.82) is 0 Å². The maximum atomic E-state index is 10.9. The summed E-state index contributed by atoms with van der Waals surface area (Å²) in [6, 6.07) is 3.39. The second-order valence-electron chi connectivity index (χ2n) is 4.36. The van der Waals surface area contributed by atoms with Gasteiger partial charge in [0.15, 0.2) is 0 Å². The molecule has 0 radical (unpaired) electrons. The summed E-state index contributed by atoms with van der Waals surface area (Å²) in [7, 11) is 0. The summed E-state index contributed by atoms with van der Waals surface area (Å²) in [4.78, 5) is 14.6. The number of hydrogen-bond acceptors (Lipinski definition) is 5. The number of rotatable bonds is 5. The van der Waals surface area contributed by atoms with Crippen LogP contribution in [0.4, 0.5) is 11.5 Å². The topological polar surface area (TPSA) is 68.1 Å². The lowest BCUT2D eigenvalue weighted by atomic mass is 10.2. The van der Waals surface area contributed by atoms with Crippen LogP contribution in [0.2, 0.25) is 0 Å². The molecule has 0 saturated heterocycles. The highest BCUT2D eigenvalue weighted by molar-refractivity contribution is 7.99. The molecule has 1 aromatic rings. The van der Waals surface area contributed by atoms with Crippen LogP contribution in [0.5, 0.6) is 0 Å². The van der Waals surface area contributed by atoms with Crippen molar-refractivity contribution in [2.24, 2.45) is 0 Å². The fourth-order valence-corrected chi connectivity index (χ4v) is 3.45. The van der Waals surface area contributed by atoms with Gasteiger partial charge < -0.3 is 5.32 Å². The van der Waals surface area contributed by atoms with Crippen molar-refractivity contribution in [3.63, 3.8) is 0 Å². The van der Waals surface area contributed by atoms with E-state index in [0.29, 0.717) is 17.1 Å². The van der Waals surface area contributed by atoms with E-state index in [0.717, 1.165) is 18.6 Å². The second-order valence-corrected chi connectivity index (χ2v) is 5.94. The molecule has 0 aromatic carbocycles. The van der Waals surface area contributed by atoms with Gasteiger partial charge in [0.1, 0.15) is 0 Å². The van der Waals surface area contributed by atoms with Crippen LogP contribution in [-0.2, 0) is 0 Å². The van der Waals surface area contributed by atoms with Gasteiger partial charge in [0, 0.05) is 23.6 Å². The van der Waals surface area contributed by atoms with Crippen molar-refractivity contribution in [3.05, 3.63) is 28.4 Å². The molecule has 6 heteroatoms. The number of aromatic nitrogens is 1. The molecule has 0 aliphatic heterocycles. The fraction of sp³-hybridized carbons (Fsp3) is 0.583. The van der Waals surface area contributed by atoms with Gasteiger partial charge in [-0.1, -0.05) is 6.92 Å². The number of nitrogens with zero attached hydrogens (tertiary/aromatic N) is 2. The number of hydrogen-bond donors (Lipinski definition) is 1. The number of anilines is 1. The Balaban J connectivity index is 2.00. The minimum Gasteiger partial charge on any atom is -0.362 e. The lowest BCUT2D eigenvalue weighted by molar-refractivity contribution is -0.384. The molecule has 0 amide bonds. The summed E-state index contributed by atoms with van der Waals surface area (Å²) in [6.45, 7) is 2.16. The molecule has 18 heavy (non-hydrogen) atoms. The predicted molar refractivity (Wildman–Crippen MR) is 74.1 cm³/mol. The fourth-order valence-electron chi connectivity index (χ4n) is 2.31. The van der Waals surface area contributed by atoms with Crippen molar-refractivity contribution >= 4 is 23.3 Å². The zero-order valence-corrected chi connectivity index (χ0v) is 11.2. The van der Waals surface area contributed by atoms with Crippen molar-refractivity contribution < 1.29 is 4.92 Å². The summed E-state index contributed by atoms with van der Waals surface area (Å²) < 4.78 is 0. The molecule has 0 spiro atoms. The highest BCUT2D eigenvalue weighted by Crippen LogP contribution is 2.32. The zero-order valence-electron chi connectivity index (χ0n) is 10.3. The molecular formula is C12H17N3O2S. The second kappa shape index (κ2) is 6.04. The zero-order chi connectivity index (χ0) is 13.0. The smallest absolute Gasteiger partial charge is 0.311 e. The van der Waals surface area contributed by atoms with Gasteiger partial charge in [0.2, 0.25) is 5.82 Å². The van der Waals surface area contributed by atoms with Gasteiger partial charge in [0.05, 0.1) is 4.92 Å². The van der Waals surface area contributed by atoms with Crippen LogP contribution in [0.25, 0.3) is 0 Å². The maximum Gasteiger partial charge on any atom is 0.311 e. The van der Waals surface area contributed by atoms with E-state index in [-0.39, 0.29) is 10.6 Å². The highest BCUT2D eigenvalue weighted by Gasteiger charge is 2.26. The Morgan fingerprint density at radius 1 is 1.61 bits per heavy atom. The monoisotopic (exact) mass is 267 g/mol. The van der Waals surface area contributed by atoms with Gasteiger partial charge in [-0.3, -0.25) is 10.1 Å². The van der Waals surface area contributed by atoms with E-state index in [4.69, 9.17) is 0 Å². The van der Waals surface area contributed by atoms with Crippen LogP contribution in [0.1, 0.15) is 26.2 Å². The minimum absolute atomic E-state index is 0.0593. The molecule has 1 heterocycles. The Morgan fingerprint density at radius 2 is 2.44 bits per heavy atom. The first-order valence-corrected chi connectivity index (χ1v) is 7.23. The lowest BCUT2D eigenvalue weighted by Gasteiger charge is -2.13. The highest BCUT2D eigenvalue weighted by atomic mass is 32.2. The summed E-state index contributed by atoms with van der Waals surface area (Å²) in [5.41, 5.74) is 0.0593. The Morgan fingerprint density at radius 3 is 3.17 bits per heavy atom. The average molecular weight is 267 g/mol. The molecule has 1 aromatic heterocycles. The molecular weight excluding hydrogens is 250 g/mol. The van der Waals surface area contributed by atoms with Crippen LogP contribution < -0.4 is 5.32 Å². The number of pyridine rings is 1. The van der Waals surface area contributed by atoms with Gasteiger partial charge in [0.25, 0.3) is 0 Å². The average Bonchev–Trinajstić information content (AvgIpc) is 2.77. The maximum absolute atomic E-state index is 10.9. The van der Waals surface area contributed by atoms with Gasteiger partial charge in [-0.15, -0.1) is 0 Å². The van der Waals surface area contributed by atoms with E-state index in [9.17, 15) is 10.1 Å². The first-order valence-electron chi connectivity index (χ1n) is 6.18. The normalized spacial score (nSPS) is 22.9. The van der Waals surface area contributed by atoms with Crippen LogP contribution in [0.15, 0.2) is 18.3 Å². The summed E-state index contributed by atoms with van der Waals surface area (Å²) in [5, 5.41) is 14.8. The molecule has 2 unspecified atom stereocenters. The van der Waals surface area contributed by atoms with Crippen molar-refractivity contribution in [2.75, 3.05) is 11.1 Å². The molecule has 1 saturated carbocycles. The Kier molecular flexibility index (Phi) is 4.41. The molecule has 5 nitrogen and oxygen atoms in total. The van der Waals surface area contributed by atoms with Gasteiger partial charge in [-0.25, -0.2) is 4.98 Å². The Bertz CT molecular complexity index is 428. The van der Waals surface area contributed by atoms with Crippen LogP contribution in [0, 0.1) is 10.1 Å². The van der Waals surface area contributed by atoms with Crippen LogP contribution in [-0.4, -0.2) is 27.0 Å². The van der Waals surface area contributed by atoms with Crippen molar-refractivity contribution in [2.45, 2.75) is 37.5 Å². The van der Waals surface area contributed by atoms with E-state index >= 15 is 0 Å². The lowest BCUT2D eigenvalue weighted by Crippen LogP contribution is -2.17. The van der Waals surface area contributed by atoms with Gasteiger partial charge in [-0.05, 0) is 31.1 Å². The number of thioether (sulfide) groups is 1. The number of nitrogens with one attached hydrogen (secondary N) is 1. The van der Waals surface area contributed by atoms with E-state index < -0.39 is 0 Å². The summed E-state index contributed by atoms with van der Waals surface area (Å²) in [5.74, 6) is 1.52. The first-order chi connectivity index (χ1) is 8.70. The standard InChI is InChI=1S/C12H17N3O2S/c1-2-18-10-6-5-9(8-10)14-12-11(15(16)17)4-3-7-13-12/h3-4,7,9-10H,2,5-6,8H2,1H3,(H,13,14). The van der Waals surface area contributed by atoms with E-state index in [1.807, 2.05) is 11.8 Å². The van der Waals surface area contributed by atoms with E-state index in [1.54, 1.807) is 12.3 Å². The third kappa shape index (κ3) is 3.13. The van der Waals surface area contributed by atoms with Crippen molar-refractivity contribution in [1.82, 2.24) is 4.98 Å². The van der Waals surface area contributed by atoms with Crippen molar-refractivity contribution in [3.8, 4) is 0 Å². The molecule has 2 atom stereocenters. The molecule has 2 rings (SSSR count). The minimum atomic E-state index is -0.386. The van der Waals surface area contributed by atoms with E-state index in [1.165, 1.54) is 12.5 Å². The third-order valence-corrected chi connectivity index (χ3v) is 4.34. The largest absolute Gasteiger partial charge is 0.362 e.